The maximum Gasteiger partial charge on any atom is 0.119 e. The molecule has 2 aromatic carbocycles. The number of hydrogen-bond donors (Lipinski definition) is 1. The number of methoxy groups -OCH3 is 1. The first-order valence-corrected chi connectivity index (χ1v) is 11.1. The zero-order chi connectivity index (χ0) is 21.2. The van der Waals surface area contributed by atoms with Crippen LogP contribution in [0.1, 0.15) is 30.9 Å². The van der Waals surface area contributed by atoms with Gasteiger partial charge in [-0.15, -0.1) is 0 Å². The van der Waals surface area contributed by atoms with Crippen LogP contribution in [0.4, 0.5) is 0 Å². The minimum atomic E-state index is 0.240. The first-order valence-electron chi connectivity index (χ1n) is 11.1. The van der Waals surface area contributed by atoms with E-state index in [4.69, 9.17) is 9.47 Å². The highest BCUT2D eigenvalue weighted by atomic mass is 16.5. The SMILES string of the molecule is CCOc1ccc(CN2CCN(CCCc3ccc(OC)cc3)C[C@@H]2CCO)cc1. The minimum Gasteiger partial charge on any atom is -0.497 e. The Morgan fingerprint density at radius 3 is 2.33 bits per heavy atom. The molecule has 1 fully saturated rings. The Morgan fingerprint density at radius 2 is 1.67 bits per heavy atom. The first kappa shape index (κ1) is 22.6. The Labute approximate surface area is 181 Å². The van der Waals surface area contributed by atoms with E-state index in [2.05, 4.69) is 46.2 Å². The van der Waals surface area contributed by atoms with E-state index < -0.39 is 0 Å². The van der Waals surface area contributed by atoms with E-state index in [0.717, 1.165) is 63.5 Å². The van der Waals surface area contributed by atoms with Crippen molar-refractivity contribution in [3.63, 3.8) is 0 Å². The molecule has 3 rings (SSSR count). The van der Waals surface area contributed by atoms with Crippen LogP contribution in [0.25, 0.3) is 0 Å². The summed E-state index contributed by atoms with van der Waals surface area (Å²) < 4.78 is 10.8. The molecule has 0 aromatic heterocycles. The fraction of sp³-hybridized carbons (Fsp3) is 0.520. The summed E-state index contributed by atoms with van der Waals surface area (Å²) in [6, 6.07) is 17.2. The molecule has 1 N–H and O–H groups in total. The molecule has 5 nitrogen and oxygen atoms in total. The Morgan fingerprint density at radius 1 is 0.967 bits per heavy atom. The topological polar surface area (TPSA) is 45.2 Å². The second kappa shape index (κ2) is 11.9. The molecule has 1 aliphatic heterocycles. The average molecular weight is 413 g/mol. The van der Waals surface area contributed by atoms with Crippen molar-refractivity contribution in [2.45, 2.75) is 38.8 Å². The second-order valence-electron chi connectivity index (χ2n) is 7.97. The summed E-state index contributed by atoms with van der Waals surface area (Å²) in [6.07, 6.45) is 3.06. The molecule has 0 amide bonds. The summed E-state index contributed by atoms with van der Waals surface area (Å²) in [7, 11) is 1.70. The van der Waals surface area contributed by atoms with E-state index in [0.29, 0.717) is 12.6 Å². The number of nitrogens with zero attached hydrogens (tertiary/aromatic N) is 2. The van der Waals surface area contributed by atoms with Crippen molar-refractivity contribution < 1.29 is 14.6 Å². The number of hydrogen-bond acceptors (Lipinski definition) is 5. The lowest BCUT2D eigenvalue weighted by atomic mass is 10.1. The largest absolute Gasteiger partial charge is 0.497 e. The van der Waals surface area contributed by atoms with Crippen molar-refractivity contribution in [3.05, 3.63) is 59.7 Å². The Hall–Kier alpha value is -2.08. The molecule has 1 saturated heterocycles. The first-order chi connectivity index (χ1) is 14.7. The maximum absolute atomic E-state index is 9.58. The van der Waals surface area contributed by atoms with Crippen LogP contribution in [0.3, 0.4) is 0 Å². The lowest BCUT2D eigenvalue weighted by Gasteiger charge is -2.41. The fourth-order valence-electron chi connectivity index (χ4n) is 4.18. The summed E-state index contributed by atoms with van der Waals surface area (Å²) in [6.45, 7) is 8.12. The Kier molecular flexibility index (Phi) is 9.00. The molecular formula is C25H36N2O3. The van der Waals surface area contributed by atoms with Gasteiger partial charge in [0.15, 0.2) is 0 Å². The van der Waals surface area contributed by atoms with Crippen molar-refractivity contribution in [1.29, 1.82) is 0 Å². The maximum atomic E-state index is 9.58. The van der Waals surface area contributed by atoms with Gasteiger partial charge in [0, 0.05) is 38.8 Å². The van der Waals surface area contributed by atoms with Gasteiger partial charge in [0.2, 0.25) is 0 Å². The molecule has 0 bridgehead atoms. The van der Waals surface area contributed by atoms with Crippen LogP contribution < -0.4 is 9.47 Å². The van der Waals surface area contributed by atoms with Crippen LogP contribution in [0.5, 0.6) is 11.5 Å². The molecule has 1 atom stereocenters. The molecular weight excluding hydrogens is 376 g/mol. The summed E-state index contributed by atoms with van der Waals surface area (Å²) in [4.78, 5) is 5.07. The van der Waals surface area contributed by atoms with Gasteiger partial charge in [0.25, 0.3) is 0 Å². The normalized spacial score (nSPS) is 17.8. The number of aryl methyl sites for hydroxylation is 1. The lowest BCUT2D eigenvalue weighted by molar-refractivity contribution is 0.0533. The number of rotatable bonds is 11. The van der Waals surface area contributed by atoms with Crippen LogP contribution >= 0.6 is 0 Å². The van der Waals surface area contributed by atoms with Gasteiger partial charge < -0.3 is 19.5 Å². The van der Waals surface area contributed by atoms with Crippen LogP contribution in [-0.2, 0) is 13.0 Å². The highest BCUT2D eigenvalue weighted by molar-refractivity contribution is 5.28. The summed E-state index contributed by atoms with van der Waals surface area (Å²) >= 11 is 0. The summed E-state index contributed by atoms with van der Waals surface area (Å²) in [5.74, 6) is 1.84. The Balaban J connectivity index is 1.47. The molecule has 0 unspecified atom stereocenters. The molecule has 1 heterocycles. The quantitative estimate of drug-likeness (QED) is 0.611. The highest BCUT2D eigenvalue weighted by Gasteiger charge is 2.26. The molecule has 30 heavy (non-hydrogen) atoms. The van der Waals surface area contributed by atoms with E-state index in [1.807, 2.05) is 19.1 Å². The van der Waals surface area contributed by atoms with Gasteiger partial charge in [-0.2, -0.15) is 0 Å². The van der Waals surface area contributed by atoms with E-state index >= 15 is 0 Å². The molecule has 0 aliphatic carbocycles. The van der Waals surface area contributed by atoms with Crippen molar-refractivity contribution in [3.8, 4) is 11.5 Å². The van der Waals surface area contributed by atoms with Gasteiger partial charge in [0.1, 0.15) is 11.5 Å². The van der Waals surface area contributed by atoms with Crippen LogP contribution in [0.15, 0.2) is 48.5 Å². The van der Waals surface area contributed by atoms with E-state index in [1.54, 1.807) is 7.11 Å². The lowest BCUT2D eigenvalue weighted by Crippen LogP contribution is -2.53. The molecule has 164 valence electrons. The molecule has 1 aliphatic rings. The molecule has 5 heteroatoms. The van der Waals surface area contributed by atoms with E-state index in [9.17, 15) is 5.11 Å². The van der Waals surface area contributed by atoms with Crippen LogP contribution in [0.2, 0.25) is 0 Å². The van der Waals surface area contributed by atoms with Crippen molar-refractivity contribution >= 4 is 0 Å². The number of benzene rings is 2. The third-order valence-electron chi connectivity index (χ3n) is 5.87. The third-order valence-corrected chi connectivity index (χ3v) is 5.87. The third kappa shape index (κ3) is 6.73. The molecule has 2 aromatic rings. The van der Waals surface area contributed by atoms with Gasteiger partial charge in [-0.1, -0.05) is 24.3 Å². The van der Waals surface area contributed by atoms with Gasteiger partial charge >= 0.3 is 0 Å². The standard InChI is InChI=1S/C25H36N2O3/c1-3-30-25-12-8-22(9-13-25)19-27-17-16-26(20-23(27)14-18-28)15-4-5-21-6-10-24(29-2)11-7-21/h6-13,23,28H,3-5,14-20H2,1-2H3/t23-/m0/s1. The van der Waals surface area contributed by atoms with E-state index in [1.165, 1.54) is 11.1 Å². The van der Waals surface area contributed by atoms with Gasteiger partial charge in [-0.3, -0.25) is 4.90 Å². The fourth-order valence-corrected chi connectivity index (χ4v) is 4.18. The number of aliphatic hydroxyl groups is 1. The minimum absolute atomic E-state index is 0.240. The van der Waals surface area contributed by atoms with Crippen molar-refractivity contribution in [1.82, 2.24) is 9.80 Å². The van der Waals surface area contributed by atoms with Gasteiger partial charge in [-0.25, -0.2) is 0 Å². The van der Waals surface area contributed by atoms with Crippen molar-refractivity contribution in [2.75, 3.05) is 46.5 Å². The summed E-state index contributed by atoms with van der Waals surface area (Å²) in [5.41, 5.74) is 2.66. The number of aliphatic hydroxyl groups excluding tert-OH is 1. The van der Waals surface area contributed by atoms with Crippen molar-refractivity contribution in [2.24, 2.45) is 0 Å². The van der Waals surface area contributed by atoms with E-state index in [-0.39, 0.29) is 6.61 Å². The summed E-state index contributed by atoms with van der Waals surface area (Å²) in [5, 5.41) is 9.58. The zero-order valence-corrected chi connectivity index (χ0v) is 18.4. The Bertz CT molecular complexity index is 733. The van der Waals surface area contributed by atoms with Crippen LogP contribution in [0, 0.1) is 0 Å². The monoisotopic (exact) mass is 412 g/mol. The average Bonchev–Trinajstić information content (AvgIpc) is 2.77. The smallest absolute Gasteiger partial charge is 0.119 e. The molecule has 0 spiro atoms. The predicted octanol–water partition coefficient (Wildman–Crippen LogP) is 3.60. The van der Waals surface area contributed by atoms with Crippen LogP contribution in [-0.4, -0.2) is 67.5 Å². The highest BCUT2D eigenvalue weighted by Crippen LogP contribution is 2.19. The van der Waals surface area contributed by atoms with Gasteiger partial charge in [0.05, 0.1) is 13.7 Å². The van der Waals surface area contributed by atoms with Gasteiger partial charge in [-0.05, 0) is 68.1 Å². The zero-order valence-electron chi connectivity index (χ0n) is 18.4. The molecule has 0 radical (unpaired) electrons. The second-order valence-corrected chi connectivity index (χ2v) is 7.97. The number of ether oxygens (including phenoxy) is 2. The molecule has 0 saturated carbocycles. The number of piperazine rings is 1. The predicted molar refractivity (Wildman–Crippen MR) is 121 cm³/mol.